The first-order valence-corrected chi connectivity index (χ1v) is 8.46. The van der Waals surface area contributed by atoms with Gasteiger partial charge in [-0.1, -0.05) is 31.9 Å². The summed E-state index contributed by atoms with van der Waals surface area (Å²) in [6, 6.07) is -0.641. The molecular formula is C14H24N2O3S. The molecule has 0 aromatic rings. The van der Waals surface area contributed by atoms with Crippen molar-refractivity contribution in [2.24, 2.45) is 0 Å². The molecule has 1 rings (SSSR count). The molecule has 1 aliphatic rings. The predicted octanol–water partition coefficient (Wildman–Crippen LogP) is 1.57. The lowest BCUT2D eigenvalue weighted by atomic mass is 10.1. The Bertz CT molecular complexity index is 367. The Morgan fingerprint density at radius 3 is 2.70 bits per heavy atom. The van der Waals surface area contributed by atoms with Crippen molar-refractivity contribution in [3.63, 3.8) is 0 Å². The first kappa shape index (κ1) is 16.9. The number of amides is 2. The van der Waals surface area contributed by atoms with Gasteiger partial charge in [-0.3, -0.25) is 14.3 Å². The molecule has 114 valence electrons. The Morgan fingerprint density at radius 2 is 2.10 bits per heavy atom. The van der Waals surface area contributed by atoms with Crippen molar-refractivity contribution < 1.29 is 13.8 Å². The summed E-state index contributed by atoms with van der Waals surface area (Å²) in [5.74, 6) is -0.374. The smallest absolute Gasteiger partial charge is 0.254 e. The second-order valence-corrected chi connectivity index (χ2v) is 6.47. The van der Waals surface area contributed by atoms with Gasteiger partial charge < -0.3 is 5.32 Å². The topological polar surface area (TPSA) is 75.3 Å². The van der Waals surface area contributed by atoms with E-state index in [2.05, 4.69) is 17.0 Å². The summed E-state index contributed by atoms with van der Waals surface area (Å²) in [6.45, 7) is 2.15. The van der Waals surface area contributed by atoms with Gasteiger partial charge in [0.05, 0.1) is 5.25 Å². The first-order valence-electron chi connectivity index (χ1n) is 7.24. The molecule has 0 aromatic heterocycles. The van der Waals surface area contributed by atoms with Gasteiger partial charge in [-0.2, -0.15) is 0 Å². The van der Waals surface area contributed by atoms with Crippen LogP contribution in [0.4, 0.5) is 0 Å². The minimum atomic E-state index is -1.31. The van der Waals surface area contributed by atoms with Crippen molar-refractivity contribution in [3.8, 4) is 0 Å². The number of allylic oxidation sites excluding steroid dienone is 1. The van der Waals surface area contributed by atoms with Gasteiger partial charge in [-0.25, -0.2) is 4.21 Å². The van der Waals surface area contributed by atoms with Crippen LogP contribution in [0.15, 0.2) is 12.2 Å². The van der Waals surface area contributed by atoms with Crippen molar-refractivity contribution in [2.45, 2.75) is 63.2 Å². The quantitative estimate of drug-likeness (QED) is 0.345. The van der Waals surface area contributed by atoms with Crippen molar-refractivity contribution in [3.05, 3.63) is 12.2 Å². The van der Waals surface area contributed by atoms with E-state index >= 15 is 0 Å². The van der Waals surface area contributed by atoms with Crippen LogP contribution in [0.3, 0.4) is 0 Å². The van der Waals surface area contributed by atoms with Crippen molar-refractivity contribution in [1.82, 2.24) is 10.0 Å². The molecule has 5 nitrogen and oxygen atoms in total. The molecule has 0 aliphatic heterocycles. The van der Waals surface area contributed by atoms with Gasteiger partial charge in [-0.15, -0.1) is 0 Å². The van der Waals surface area contributed by atoms with Crippen molar-refractivity contribution >= 4 is 23.3 Å². The van der Waals surface area contributed by atoms with Crippen LogP contribution in [0.1, 0.15) is 51.9 Å². The average molecular weight is 300 g/mol. The van der Waals surface area contributed by atoms with Crippen LogP contribution in [-0.2, 0) is 20.6 Å². The third kappa shape index (κ3) is 6.84. The molecule has 0 radical (unpaired) electrons. The Kier molecular flexibility index (Phi) is 8.18. The number of carbonyl (C=O) groups is 2. The zero-order chi connectivity index (χ0) is 14.8. The van der Waals surface area contributed by atoms with Crippen LogP contribution in [0.2, 0.25) is 0 Å². The average Bonchev–Trinajstić information content (AvgIpc) is 3.25. The number of hydrogen-bond acceptors (Lipinski definition) is 3. The highest BCUT2D eigenvalue weighted by Crippen LogP contribution is 2.24. The zero-order valence-corrected chi connectivity index (χ0v) is 12.8. The number of nitrogens with one attached hydrogen (secondary N) is 2. The SMILES string of the molecule is CCCCC/C=C\C[C@@H](NC=O)C(=O)NS(=O)C1CC1. The maximum Gasteiger partial charge on any atom is 0.254 e. The van der Waals surface area contributed by atoms with E-state index in [1.807, 2.05) is 12.2 Å². The monoisotopic (exact) mass is 300 g/mol. The normalized spacial score (nSPS) is 17.6. The zero-order valence-electron chi connectivity index (χ0n) is 12.0. The number of rotatable bonds is 11. The van der Waals surface area contributed by atoms with Crippen LogP contribution in [0, 0.1) is 0 Å². The van der Waals surface area contributed by atoms with Gasteiger partial charge in [0.15, 0.2) is 0 Å². The van der Waals surface area contributed by atoms with Gasteiger partial charge in [0, 0.05) is 0 Å². The molecule has 2 N–H and O–H groups in total. The van der Waals surface area contributed by atoms with E-state index in [1.165, 1.54) is 12.8 Å². The van der Waals surface area contributed by atoms with E-state index in [1.54, 1.807) is 0 Å². The van der Waals surface area contributed by atoms with Crippen LogP contribution >= 0.6 is 0 Å². The Balaban J connectivity index is 2.31. The van der Waals surface area contributed by atoms with Gasteiger partial charge in [-0.05, 0) is 32.1 Å². The molecule has 20 heavy (non-hydrogen) atoms. The van der Waals surface area contributed by atoms with E-state index in [-0.39, 0.29) is 11.2 Å². The fraction of sp³-hybridized carbons (Fsp3) is 0.714. The summed E-state index contributed by atoms with van der Waals surface area (Å²) in [4.78, 5) is 22.4. The van der Waals surface area contributed by atoms with E-state index in [0.29, 0.717) is 12.8 Å². The Morgan fingerprint density at radius 1 is 1.35 bits per heavy atom. The lowest BCUT2D eigenvalue weighted by Gasteiger charge is -2.13. The van der Waals surface area contributed by atoms with Gasteiger partial charge in [0.1, 0.15) is 17.0 Å². The number of unbranched alkanes of at least 4 members (excludes halogenated alkanes) is 3. The summed E-state index contributed by atoms with van der Waals surface area (Å²) in [5.41, 5.74) is 0. The van der Waals surface area contributed by atoms with Gasteiger partial charge in [0.25, 0.3) is 5.91 Å². The van der Waals surface area contributed by atoms with E-state index in [0.717, 1.165) is 25.7 Å². The summed E-state index contributed by atoms with van der Waals surface area (Å²) in [5, 5.41) is 2.57. The number of carbonyl (C=O) groups excluding carboxylic acids is 2. The lowest BCUT2D eigenvalue weighted by Crippen LogP contribution is -2.44. The molecule has 0 bridgehead atoms. The molecule has 0 aromatic carbocycles. The number of hydrogen-bond donors (Lipinski definition) is 2. The second kappa shape index (κ2) is 9.69. The van der Waals surface area contributed by atoms with E-state index < -0.39 is 17.0 Å². The molecule has 2 atom stereocenters. The summed E-state index contributed by atoms with van der Waals surface area (Å²) < 4.78 is 14.1. The molecule has 0 heterocycles. The van der Waals surface area contributed by atoms with E-state index in [9.17, 15) is 13.8 Å². The minimum absolute atomic E-state index is 0.0976. The minimum Gasteiger partial charge on any atom is -0.347 e. The van der Waals surface area contributed by atoms with E-state index in [4.69, 9.17) is 0 Å². The van der Waals surface area contributed by atoms with Gasteiger partial charge in [0.2, 0.25) is 6.41 Å². The molecule has 1 fully saturated rings. The third-order valence-corrected chi connectivity index (χ3v) is 4.61. The predicted molar refractivity (Wildman–Crippen MR) is 80.2 cm³/mol. The van der Waals surface area contributed by atoms with Crippen LogP contribution in [0.5, 0.6) is 0 Å². The highest BCUT2D eigenvalue weighted by molar-refractivity contribution is 7.84. The Labute approximate surface area is 123 Å². The van der Waals surface area contributed by atoms with Crippen LogP contribution in [-0.4, -0.2) is 27.8 Å². The van der Waals surface area contributed by atoms with Crippen LogP contribution < -0.4 is 10.0 Å². The standard InChI is InChI=1S/C14H24N2O3S/c1-2-3-4-5-6-7-8-13(15-11-17)14(18)16-20(19)12-9-10-12/h6-7,11-13H,2-5,8-10H2,1H3,(H,15,17)(H,16,18)/b7-6-/t13-,20?/m1/s1. The fourth-order valence-electron chi connectivity index (χ4n) is 1.73. The molecular weight excluding hydrogens is 276 g/mol. The second-order valence-electron chi connectivity index (χ2n) is 5.00. The third-order valence-electron chi connectivity index (χ3n) is 3.13. The molecule has 1 saturated carbocycles. The Hall–Kier alpha value is -1.17. The highest BCUT2D eigenvalue weighted by atomic mass is 32.2. The van der Waals surface area contributed by atoms with Crippen molar-refractivity contribution in [2.75, 3.05) is 0 Å². The molecule has 0 saturated heterocycles. The fourth-order valence-corrected chi connectivity index (χ4v) is 2.80. The lowest BCUT2D eigenvalue weighted by molar-refractivity contribution is -0.123. The maximum absolute atomic E-state index is 11.9. The molecule has 1 aliphatic carbocycles. The van der Waals surface area contributed by atoms with Crippen LogP contribution in [0.25, 0.3) is 0 Å². The maximum atomic E-state index is 11.9. The molecule has 2 amide bonds. The summed E-state index contributed by atoms with van der Waals surface area (Å²) >= 11 is 0. The summed E-state index contributed by atoms with van der Waals surface area (Å²) in [6.07, 6.45) is 11.2. The molecule has 0 spiro atoms. The summed E-state index contributed by atoms with van der Waals surface area (Å²) in [7, 11) is -1.31. The van der Waals surface area contributed by atoms with Crippen molar-refractivity contribution in [1.29, 1.82) is 0 Å². The van der Waals surface area contributed by atoms with Gasteiger partial charge >= 0.3 is 0 Å². The first-order chi connectivity index (χ1) is 9.69. The largest absolute Gasteiger partial charge is 0.347 e. The highest BCUT2D eigenvalue weighted by Gasteiger charge is 2.31. The molecule has 6 heteroatoms. The molecule has 1 unspecified atom stereocenters.